The second kappa shape index (κ2) is 5.04. The molecule has 5 heteroatoms. The van der Waals surface area contributed by atoms with Gasteiger partial charge in [0.25, 0.3) is 0 Å². The standard InChI is InChI=1S/C12H22N4O/c1-3-12(4-2)6-8-16(9-12)11-15-14-10(17-11)5-7-13/h3-9,13H2,1-2H3. The van der Waals surface area contributed by atoms with E-state index in [2.05, 4.69) is 28.9 Å². The van der Waals surface area contributed by atoms with Crippen LogP contribution in [0.1, 0.15) is 39.0 Å². The Morgan fingerprint density at radius 3 is 2.71 bits per heavy atom. The molecule has 2 heterocycles. The summed E-state index contributed by atoms with van der Waals surface area (Å²) in [7, 11) is 0. The van der Waals surface area contributed by atoms with Crippen molar-refractivity contribution in [3.05, 3.63) is 5.89 Å². The number of nitrogens with zero attached hydrogens (tertiary/aromatic N) is 3. The number of hydrogen-bond acceptors (Lipinski definition) is 5. The Kier molecular flexibility index (Phi) is 3.66. The van der Waals surface area contributed by atoms with E-state index >= 15 is 0 Å². The van der Waals surface area contributed by atoms with Crippen molar-refractivity contribution in [3.63, 3.8) is 0 Å². The Morgan fingerprint density at radius 1 is 1.35 bits per heavy atom. The van der Waals surface area contributed by atoms with Gasteiger partial charge >= 0.3 is 6.01 Å². The molecule has 1 aliphatic rings. The zero-order valence-corrected chi connectivity index (χ0v) is 10.8. The van der Waals surface area contributed by atoms with E-state index in [4.69, 9.17) is 10.2 Å². The lowest BCUT2D eigenvalue weighted by molar-refractivity contribution is 0.300. The molecule has 96 valence electrons. The third kappa shape index (κ3) is 2.44. The summed E-state index contributed by atoms with van der Waals surface area (Å²) < 4.78 is 5.61. The Bertz CT molecular complexity index is 359. The van der Waals surface area contributed by atoms with Crippen LogP contribution in [0.4, 0.5) is 6.01 Å². The van der Waals surface area contributed by atoms with Gasteiger partial charge < -0.3 is 15.1 Å². The van der Waals surface area contributed by atoms with E-state index in [1.165, 1.54) is 19.3 Å². The highest BCUT2D eigenvalue weighted by Gasteiger charge is 2.36. The first kappa shape index (κ1) is 12.4. The number of nitrogens with two attached hydrogens (primary N) is 1. The van der Waals surface area contributed by atoms with Gasteiger partial charge in [0.15, 0.2) is 0 Å². The molecule has 0 bridgehead atoms. The van der Waals surface area contributed by atoms with Gasteiger partial charge in [0.2, 0.25) is 5.89 Å². The molecule has 0 amide bonds. The van der Waals surface area contributed by atoms with Gasteiger partial charge in [-0.25, -0.2) is 0 Å². The molecule has 0 aromatic carbocycles. The van der Waals surface area contributed by atoms with Crippen LogP contribution in [-0.2, 0) is 6.42 Å². The van der Waals surface area contributed by atoms with Crippen molar-refractivity contribution in [2.24, 2.45) is 11.1 Å². The van der Waals surface area contributed by atoms with Crippen molar-refractivity contribution >= 4 is 6.01 Å². The molecule has 0 aliphatic carbocycles. The Hall–Kier alpha value is -1.10. The van der Waals surface area contributed by atoms with Gasteiger partial charge in [-0.1, -0.05) is 18.9 Å². The minimum absolute atomic E-state index is 0.433. The van der Waals surface area contributed by atoms with Gasteiger partial charge in [0.1, 0.15) is 0 Å². The van der Waals surface area contributed by atoms with Crippen molar-refractivity contribution in [1.82, 2.24) is 10.2 Å². The van der Waals surface area contributed by atoms with E-state index < -0.39 is 0 Å². The molecular weight excluding hydrogens is 216 g/mol. The summed E-state index contributed by atoms with van der Waals surface area (Å²) in [5.74, 6) is 0.646. The predicted molar refractivity (Wildman–Crippen MR) is 66.9 cm³/mol. The monoisotopic (exact) mass is 238 g/mol. The van der Waals surface area contributed by atoms with Gasteiger partial charge in [-0.05, 0) is 24.7 Å². The van der Waals surface area contributed by atoms with Crippen LogP contribution < -0.4 is 10.6 Å². The summed E-state index contributed by atoms with van der Waals surface area (Å²) in [5, 5.41) is 8.12. The number of rotatable bonds is 5. The summed E-state index contributed by atoms with van der Waals surface area (Å²) in [6, 6.07) is 0.664. The number of aromatic nitrogens is 2. The molecule has 2 rings (SSSR count). The van der Waals surface area contributed by atoms with Gasteiger partial charge in [0.05, 0.1) is 0 Å². The van der Waals surface area contributed by atoms with Gasteiger partial charge in [-0.3, -0.25) is 0 Å². The fourth-order valence-corrected chi connectivity index (χ4v) is 2.52. The van der Waals surface area contributed by atoms with Crippen LogP contribution in [0.15, 0.2) is 4.42 Å². The molecule has 1 aromatic heterocycles. The molecule has 1 fully saturated rings. The summed E-state index contributed by atoms with van der Waals surface area (Å²) in [6.07, 6.45) is 4.30. The summed E-state index contributed by atoms with van der Waals surface area (Å²) in [6.45, 7) is 7.13. The van der Waals surface area contributed by atoms with E-state index in [-0.39, 0.29) is 0 Å². The van der Waals surface area contributed by atoms with E-state index in [0.29, 0.717) is 30.3 Å². The molecule has 1 aliphatic heterocycles. The van der Waals surface area contributed by atoms with Crippen LogP contribution in [0.3, 0.4) is 0 Å². The van der Waals surface area contributed by atoms with Gasteiger partial charge in [-0.2, -0.15) is 0 Å². The van der Waals surface area contributed by atoms with Crippen molar-refractivity contribution < 1.29 is 4.42 Å². The molecule has 0 unspecified atom stereocenters. The molecule has 1 saturated heterocycles. The minimum atomic E-state index is 0.433. The molecule has 2 N–H and O–H groups in total. The van der Waals surface area contributed by atoms with Crippen molar-refractivity contribution in [2.75, 3.05) is 24.5 Å². The maximum absolute atomic E-state index is 5.61. The molecule has 0 spiro atoms. The molecule has 0 radical (unpaired) electrons. The van der Waals surface area contributed by atoms with Gasteiger partial charge in [-0.15, -0.1) is 5.10 Å². The van der Waals surface area contributed by atoms with Crippen LogP contribution >= 0.6 is 0 Å². The smallest absolute Gasteiger partial charge is 0.318 e. The highest BCUT2D eigenvalue weighted by Crippen LogP contribution is 2.38. The molecular formula is C12H22N4O. The molecule has 17 heavy (non-hydrogen) atoms. The fraction of sp³-hybridized carbons (Fsp3) is 0.833. The van der Waals surface area contributed by atoms with E-state index in [9.17, 15) is 0 Å². The van der Waals surface area contributed by atoms with E-state index in [1.54, 1.807) is 0 Å². The first-order chi connectivity index (χ1) is 8.23. The van der Waals surface area contributed by atoms with Crippen molar-refractivity contribution in [2.45, 2.75) is 39.5 Å². The lowest BCUT2D eigenvalue weighted by atomic mass is 9.82. The van der Waals surface area contributed by atoms with Crippen LogP contribution in [0.5, 0.6) is 0 Å². The zero-order chi connectivity index (χ0) is 12.3. The van der Waals surface area contributed by atoms with Crippen molar-refractivity contribution in [1.29, 1.82) is 0 Å². The Morgan fingerprint density at radius 2 is 2.12 bits per heavy atom. The second-order valence-electron chi connectivity index (χ2n) is 4.90. The first-order valence-corrected chi connectivity index (χ1v) is 6.50. The lowest BCUT2D eigenvalue weighted by Gasteiger charge is -2.25. The zero-order valence-electron chi connectivity index (χ0n) is 10.8. The maximum atomic E-state index is 5.61. The Balaban J connectivity index is 2.04. The fourth-order valence-electron chi connectivity index (χ4n) is 2.52. The largest absolute Gasteiger partial charge is 0.408 e. The number of hydrogen-bond donors (Lipinski definition) is 1. The normalized spacial score (nSPS) is 18.9. The third-order valence-electron chi connectivity index (χ3n) is 4.02. The highest BCUT2D eigenvalue weighted by molar-refractivity contribution is 5.28. The van der Waals surface area contributed by atoms with Crippen LogP contribution in [0, 0.1) is 5.41 Å². The summed E-state index contributed by atoms with van der Waals surface area (Å²) in [4.78, 5) is 2.21. The summed E-state index contributed by atoms with van der Waals surface area (Å²) >= 11 is 0. The van der Waals surface area contributed by atoms with E-state index in [1.807, 2.05) is 0 Å². The first-order valence-electron chi connectivity index (χ1n) is 6.50. The number of anilines is 1. The predicted octanol–water partition coefficient (Wildman–Crippen LogP) is 1.59. The third-order valence-corrected chi connectivity index (χ3v) is 4.02. The second-order valence-corrected chi connectivity index (χ2v) is 4.90. The highest BCUT2D eigenvalue weighted by atomic mass is 16.4. The topological polar surface area (TPSA) is 68.2 Å². The maximum Gasteiger partial charge on any atom is 0.318 e. The van der Waals surface area contributed by atoms with Crippen LogP contribution in [0.25, 0.3) is 0 Å². The quantitative estimate of drug-likeness (QED) is 0.843. The average Bonchev–Trinajstić information content (AvgIpc) is 2.96. The average molecular weight is 238 g/mol. The van der Waals surface area contributed by atoms with Crippen molar-refractivity contribution in [3.8, 4) is 0 Å². The SMILES string of the molecule is CCC1(CC)CCN(c2nnc(CCN)o2)C1. The summed E-state index contributed by atoms with van der Waals surface area (Å²) in [5.41, 5.74) is 5.90. The molecule has 5 nitrogen and oxygen atoms in total. The van der Waals surface area contributed by atoms with Crippen LogP contribution in [0.2, 0.25) is 0 Å². The Labute approximate surface area is 102 Å². The van der Waals surface area contributed by atoms with Gasteiger partial charge in [0, 0.05) is 26.1 Å². The molecule has 0 atom stereocenters. The molecule has 1 aromatic rings. The molecule has 0 saturated carbocycles. The van der Waals surface area contributed by atoms with Crippen LogP contribution in [-0.4, -0.2) is 29.8 Å². The van der Waals surface area contributed by atoms with E-state index in [0.717, 1.165) is 13.1 Å². The minimum Gasteiger partial charge on any atom is -0.408 e. The lowest BCUT2D eigenvalue weighted by Crippen LogP contribution is -2.26.